The number of benzene rings is 1. The van der Waals surface area contributed by atoms with E-state index < -0.39 is 0 Å². The minimum atomic E-state index is -0.198. The third-order valence-corrected chi connectivity index (χ3v) is 3.58. The lowest BCUT2D eigenvalue weighted by molar-refractivity contribution is 0.00196. The van der Waals surface area contributed by atoms with Crippen LogP contribution in [0, 0.1) is 5.92 Å². The lowest BCUT2D eigenvalue weighted by atomic mass is 9.84. The van der Waals surface area contributed by atoms with Crippen LogP contribution in [0.1, 0.15) is 42.5 Å². The molecule has 1 fully saturated rings. The third kappa shape index (κ3) is 3.22. The van der Waals surface area contributed by atoms with Crippen LogP contribution in [0.3, 0.4) is 0 Å². The van der Waals surface area contributed by atoms with Gasteiger partial charge in [-0.3, -0.25) is 0 Å². The van der Waals surface area contributed by atoms with Gasteiger partial charge >= 0.3 is 5.97 Å². The van der Waals surface area contributed by atoms with Crippen LogP contribution >= 0.6 is 0 Å². The first-order chi connectivity index (χ1) is 8.81. The van der Waals surface area contributed by atoms with E-state index in [0.29, 0.717) is 11.5 Å². The Balaban J connectivity index is 1.98. The second kappa shape index (κ2) is 6.39. The molecule has 0 radical (unpaired) electrons. The van der Waals surface area contributed by atoms with E-state index >= 15 is 0 Å². The summed E-state index contributed by atoms with van der Waals surface area (Å²) in [5.74, 6) is 0.250. The van der Waals surface area contributed by atoms with Crippen molar-refractivity contribution in [1.29, 1.82) is 0 Å². The fourth-order valence-corrected chi connectivity index (χ4v) is 2.59. The Kier molecular flexibility index (Phi) is 4.57. The summed E-state index contributed by atoms with van der Waals surface area (Å²) in [4.78, 5) is 12.0. The molecule has 0 saturated heterocycles. The summed E-state index contributed by atoms with van der Waals surface area (Å²) in [6, 6.07) is 9.22. The molecular formula is C16H20O2. The first-order valence-corrected chi connectivity index (χ1v) is 6.68. The highest BCUT2D eigenvalue weighted by Gasteiger charge is 2.27. The molecule has 2 nitrogen and oxygen atoms in total. The van der Waals surface area contributed by atoms with Crippen molar-refractivity contribution < 1.29 is 9.53 Å². The summed E-state index contributed by atoms with van der Waals surface area (Å²) in [6.07, 6.45) is 7.43. The number of hydrogen-bond donors (Lipinski definition) is 0. The molecule has 2 heteroatoms. The lowest BCUT2D eigenvalue weighted by Crippen LogP contribution is -2.29. The van der Waals surface area contributed by atoms with Gasteiger partial charge in [0.2, 0.25) is 0 Å². The number of hydrogen-bond acceptors (Lipinski definition) is 2. The Hall–Kier alpha value is -1.57. The molecule has 1 aliphatic carbocycles. The van der Waals surface area contributed by atoms with E-state index in [2.05, 4.69) is 6.58 Å². The van der Waals surface area contributed by atoms with Gasteiger partial charge in [-0.05, 0) is 43.7 Å². The van der Waals surface area contributed by atoms with Gasteiger partial charge in [-0.1, -0.05) is 30.7 Å². The Bertz CT molecular complexity index is 397. The fraction of sp³-hybridized carbons (Fsp3) is 0.438. The SMILES string of the molecule is C=CC[C@@H]1CCCC[C@H]1OC(=O)c1ccccc1. The van der Waals surface area contributed by atoms with Crippen LogP contribution in [-0.4, -0.2) is 12.1 Å². The van der Waals surface area contributed by atoms with Crippen LogP contribution in [0.15, 0.2) is 43.0 Å². The number of ether oxygens (including phenoxy) is 1. The largest absolute Gasteiger partial charge is 0.458 e. The molecular weight excluding hydrogens is 224 g/mol. The van der Waals surface area contributed by atoms with E-state index in [9.17, 15) is 4.79 Å². The van der Waals surface area contributed by atoms with Crippen molar-refractivity contribution in [2.24, 2.45) is 5.92 Å². The van der Waals surface area contributed by atoms with Crippen molar-refractivity contribution in [3.63, 3.8) is 0 Å². The van der Waals surface area contributed by atoms with Crippen LogP contribution in [0.2, 0.25) is 0 Å². The molecule has 2 atom stereocenters. The maximum absolute atomic E-state index is 12.0. The van der Waals surface area contributed by atoms with Gasteiger partial charge in [-0.15, -0.1) is 6.58 Å². The predicted octanol–water partition coefficient (Wildman–Crippen LogP) is 3.98. The Morgan fingerprint density at radius 2 is 2.00 bits per heavy atom. The summed E-state index contributed by atoms with van der Waals surface area (Å²) >= 11 is 0. The third-order valence-electron chi connectivity index (χ3n) is 3.58. The monoisotopic (exact) mass is 244 g/mol. The molecule has 2 rings (SSSR count). The molecule has 0 heterocycles. The molecule has 0 N–H and O–H groups in total. The summed E-state index contributed by atoms with van der Waals surface area (Å²) in [6.45, 7) is 3.79. The predicted molar refractivity (Wildman–Crippen MR) is 72.4 cm³/mol. The number of esters is 1. The van der Waals surface area contributed by atoms with E-state index in [-0.39, 0.29) is 12.1 Å². The standard InChI is InChI=1S/C16H20O2/c1-2-8-13-9-6-7-12-15(13)18-16(17)14-10-4-3-5-11-14/h2-5,10-11,13,15H,1,6-9,12H2/t13-,15-/m1/s1. The van der Waals surface area contributed by atoms with Gasteiger partial charge in [-0.25, -0.2) is 4.79 Å². The van der Waals surface area contributed by atoms with Crippen LogP contribution < -0.4 is 0 Å². The summed E-state index contributed by atoms with van der Waals surface area (Å²) in [5.41, 5.74) is 0.639. The van der Waals surface area contributed by atoms with Crippen molar-refractivity contribution in [3.8, 4) is 0 Å². The van der Waals surface area contributed by atoms with E-state index in [1.54, 1.807) is 12.1 Å². The van der Waals surface area contributed by atoms with Gasteiger partial charge < -0.3 is 4.74 Å². The van der Waals surface area contributed by atoms with Gasteiger partial charge in [0.25, 0.3) is 0 Å². The van der Waals surface area contributed by atoms with Gasteiger partial charge in [0, 0.05) is 0 Å². The molecule has 1 aromatic carbocycles. The zero-order valence-electron chi connectivity index (χ0n) is 10.7. The maximum Gasteiger partial charge on any atom is 0.338 e. The summed E-state index contributed by atoms with van der Waals surface area (Å²) < 4.78 is 5.66. The van der Waals surface area contributed by atoms with Crippen molar-refractivity contribution >= 4 is 5.97 Å². The van der Waals surface area contributed by atoms with Crippen LogP contribution in [0.4, 0.5) is 0 Å². The highest BCUT2D eigenvalue weighted by atomic mass is 16.5. The van der Waals surface area contributed by atoms with Crippen molar-refractivity contribution in [2.45, 2.75) is 38.2 Å². The molecule has 1 saturated carbocycles. The first kappa shape index (κ1) is 12.9. The molecule has 0 bridgehead atoms. The smallest absolute Gasteiger partial charge is 0.338 e. The summed E-state index contributed by atoms with van der Waals surface area (Å²) in [7, 11) is 0. The van der Waals surface area contributed by atoms with Gasteiger partial charge in [0.05, 0.1) is 5.56 Å². The number of rotatable bonds is 4. The topological polar surface area (TPSA) is 26.3 Å². The number of carbonyl (C=O) groups excluding carboxylic acids is 1. The second-order valence-electron chi connectivity index (χ2n) is 4.88. The quantitative estimate of drug-likeness (QED) is 0.591. The van der Waals surface area contributed by atoms with E-state index in [0.717, 1.165) is 25.7 Å². The zero-order chi connectivity index (χ0) is 12.8. The van der Waals surface area contributed by atoms with E-state index in [4.69, 9.17) is 4.74 Å². The highest BCUT2D eigenvalue weighted by molar-refractivity contribution is 5.89. The first-order valence-electron chi connectivity index (χ1n) is 6.68. The maximum atomic E-state index is 12.0. The second-order valence-corrected chi connectivity index (χ2v) is 4.88. The van der Waals surface area contributed by atoms with Gasteiger partial charge in [0.1, 0.15) is 6.10 Å². The molecule has 18 heavy (non-hydrogen) atoms. The average Bonchev–Trinajstić information content (AvgIpc) is 2.42. The fourth-order valence-electron chi connectivity index (χ4n) is 2.59. The molecule has 0 spiro atoms. The molecule has 96 valence electrons. The van der Waals surface area contributed by atoms with Crippen molar-refractivity contribution in [2.75, 3.05) is 0 Å². The van der Waals surface area contributed by atoms with Gasteiger partial charge in [0.15, 0.2) is 0 Å². The zero-order valence-corrected chi connectivity index (χ0v) is 10.7. The molecule has 0 aliphatic heterocycles. The molecule has 1 aliphatic rings. The lowest BCUT2D eigenvalue weighted by Gasteiger charge is -2.30. The van der Waals surface area contributed by atoms with Crippen molar-refractivity contribution in [3.05, 3.63) is 48.6 Å². The average molecular weight is 244 g/mol. The minimum Gasteiger partial charge on any atom is -0.458 e. The highest BCUT2D eigenvalue weighted by Crippen LogP contribution is 2.30. The van der Waals surface area contributed by atoms with Crippen LogP contribution in [-0.2, 0) is 4.74 Å². The van der Waals surface area contributed by atoms with Crippen LogP contribution in [0.25, 0.3) is 0 Å². The van der Waals surface area contributed by atoms with Crippen molar-refractivity contribution in [1.82, 2.24) is 0 Å². The Morgan fingerprint density at radius 1 is 1.28 bits per heavy atom. The number of carbonyl (C=O) groups is 1. The minimum absolute atomic E-state index is 0.0597. The molecule has 0 amide bonds. The van der Waals surface area contributed by atoms with E-state index in [1.807, 2.05) is 24.3 Å². The van der Waals surface area contributed by atoms with Crippen LogP contribution in [0.5, 0.6) is 0 Å². The Labute approximate surface area is 109 Å². The summed E-state index contributed by atoms with van der Waals surface area (Å²) in [5, 5.41) is 0. The molecule has 0 unspecified atom stereocenters. The normalized spacial score (nSPS) is 23.3. The Morgan fingerprint density at radius 3 is 2.72 bits per heavy atom. The molecule has 0 aromatic heterocycles. The molecule has 1 aromatic rings. The van der Waals surface area contributed by atoms with E-state index in [1.165, 1.54) is 6.42 Å². The number of allylic oxidation sites excluding steroid dienone is 1. The van der Waals surface area contributed by atoms with Gasteiger partial charge in [-0.2, -0.15) is 0 Å².